The molecule has 0 unspecified atom stereocenters. The molecule has 0 saturated carbocycles. The average Bonchev–Trinajstić information content (AvgIpc) is 2.42. The van der Waals surface area contributed by atoms with Gasteiger partial charge in [0.15, 0.2) is 0 Å². The van der Waals surface area contributed by atoms with Gasteiger partial charge in [-0.15, -0.1) is 0 Å². The van der Waals surface area contributed by atoms with Gasteiger partial charge in [0.25, 0.3) is 0 Å². The third kappa shape index (κ3) is 4.28. The topological polar surface area (TPSA) is 35.6 Å². The molecule has 0 aromatic rings. The van der Waals surface area contributed by atoms with Crippen molar-refractivity contribution in [1.82, 2.24) is 15.1 Å². The van der Waals surface area contributed by atoms with Gasteiger partial charge in [0.2, 0.25) is 5.91 Å². The van der Waals surface area contributed by atoms with Crippen molar-refractivity contribution in [2.45, 2.75) is 26.7 Å². The van der Waals surface area contributed by atoms with E-state index in [1.165, 1.54) is 0 Å². The average molecular weight is 243 g/mol. The molecular weight excluding hydrogens is 214 g/mol. The Balaban J connectivity index is 0.000000917. The van der Waals surface area contributed by atoms with Crippen molar-refractivity contribution < 1.29 is 6.22 Å². The number of likely N-dealkylation sites (N-methyl/N-ethyl adjacent to an activating group) is 1. The number of nitrogens with one attached hydrogen (secondary N) is 1. The Labute approximate surface area is 107 Å². The van der Waals surface area contributed by atoms with E-state index in [1.807, 2.05) is 13.8 Å². The summed E-state index contributed by atoms with van der Waals surface area (Å²) in [4.78, 5) is 16.5. The molecule has 1 amide bonds. The fourth-order valence-electron chi connectivity index (χ4n) is 2.35. The molecule has 4 nitrogen and oxygen atoms in total. The Morgan fingerprint density at radius 1 is 1.12 bits per heavy atom. The van der Waals surface area contributed by atoms with E-state index in [9.17, 15) is 4.79 Å². The first kappa shape index (κ1) is 14.5. The summed E-state index contributed by atoms with van der Waals surface area (Å²) >= 11 is 0. The van der Waals surface area contributed by atoms with E-state index < -0.39 is 0 Å². The maximum absolute atomic E-state index is 12.1. The maximum atomic E-state index is 12.1. The molecule has 102 valence electrons. The van der Waals surface area contributed by atoms with Gasteiger partial charge in [0.05, 0.1) is 0 Å². The summed E-state index contributed by atoms with van der Waals surface area (Å²) in [7, 11) is 2.12. The predicted octanol–water partition coefficient (Wildman–Crippen LogP) is 1.03. The molecule has 2 rings (SSSR count). The molecule has 0 aliphatic carbocycles. The number of hydrogen-bond acceptors (Lipinski definition) is 3. The minimum atomic E-state index is 0. The highest BCUT2D eigenvalue weighted by molar-refractivity contribution is 5.79. The molecular formula is C13H29N3O. The Kier molecular flexibility index (Phi) is 6.52. The van der Waals surface area contributed by atoms with Crippen LogP contribution in [-0.2, 0) is 4.79 Å². The van der Waals surface area contributed by atoms with Gasteiger partial charge >= 0.3 is 0 Å². The van der Waals surface area contributed by atoms with Crippen molar-refractivity contribution in [3.63, 3.8) is 0 Å². The normalized spacial score (nSPS) is 22.9. The van der Waals surface area contributed by atoms with Gasteiger partial charge in [0, 0.05) is 33.5 Å². The van der Waals surface area contributed by atoms with Gasteiger partial charge in [-0.25, -0.2) is 0 Å². The molecule has 0 radical (unpaired) electrons. The summed E-state index contributed by atoms with van der Waals surface area (Å²) < 4.78 is 0. The first-order valence-corrected chi connectivity index (χ1v) is 6.95. The van der Waals surface area contributed by atoms with Crippen LogP contribution in [0.25, 0.3) is 0 Å². The molecule has 1 N–H and O–H groups in total. The molecule has 17 heavy (non-hydrogen) atoms. The zero-order valence-electron chi connectivity index (χ0n) is 11.5. The first-order chi connectivity index (χ1) is 8.27. The SMILES string of the molecule is CC.CN1CCN(C(=O)C2CCNCC2)CC1.[HH]. The minimum absolute atomic E-state index is 0. The third-order valence-electron chi connectivity index (χ3n) is 3.50. The van der Waals surface area contributed by atoms with Crippen LogP contribution in [0.5, 0.6) is 0 Å². The summed E-state index contributed by atoms with van der Waals surface area (Å²) in [6, 6.07) is 0. The van der Waals surface area contributed by atoms with Gasteiger partial charge in [-0.3, -0.25) is 4.79 Å². The van der Waals surface area contributed by atoms with Crippen LogP contribution >= 0.6 is 0 Å². The maximum Gasteiger partial charge on any atom is 0.225 e. The van der Waals surface area contributed by atoms with Crippen LogP contribution in [0.3, 0.4) is 0 Å². The van der Waals surface area contributed by atoms with E-state index in [0.717, 1.165) is 52.1 Å². The Morgan fingerprint density at radius 3 is 2.18 bits per heavy atom. The highest BCUT2D eigenvalue weighted by Gasteiger charge is 2.27. The van der Waals surface area contributed by atoms with Crippen molar-refractivity contribution in [3.8, 4) is 0 Å². The number of amides is 1. The molecule has 2 heterocycles. The van der Waals surface area contributed by atoms with Crippen molar-refractivity contribution in [3.05, 3.63) is 0 Å². The molecule has 0 bridgehead atoms. The highest BCUT2D eigenvalue weighted by Crippen LogP contribution is 2.16. The summed E-state index contributed by atoms with van der Waals surface area (Å²) in [5, 5.41) is 3.30. The second-order valence-electron chi connectivity index (χ2n) is 4.65. The first-order valence-electron chi connectivity index (χ1n) is 6.95. The van der Waals surface area contributed by atoms with Gasteiger partial charge in [-0.1, -0.05) is 13.8 Å². The summed E-state index contributed by atoms with van der Waals surface area (Å²) in [6.07, 6.45) is 2.04. The van der Waals surface area contributed by atoms with Crippen LogP contribution in [0, 0.1) is 5.92 Å². The van der Waals surface area contributed by atoms with E-state index in [0.29, 0.717) is 5.91 Å². The number of nitrogens with zero attached hydrogens (tertiary/aromatic N) is 2. The van der Waals surface area contributed by atoms with Crippen LogP contribution < -0.4 is 5.32 Å². The molecule has 0 aromatic heterocycles. The largest absolute Gasteiger partial charge is 0.340 e. The molecule has 2 fully saturated rings. The van der Waals surface area contributed by atoms with Crippen LogP contribution in [0.2, 0.25) is 0 Å². The van der Waals surface area contributed by atoms with Gasteiger partial charge in [-0.2, -0.15) is 0 Å². The van der Waals surface area contributed by atoms with E-state index in [2.05, 4.69) is 22.2 Å². The zero-order valence-corrected chi connectivity index (χ0v) is 11.5. The van der Waals surface area contributed by atoms with Crippen LogP contribution in [0.1, 0.15) is 28.1 Å². The number of carbonyl (C=O) groups excluding carboxylic acids is 1. The number of piperazine rings is 1. The number of hydrogen-bond donors (Lipinski definition) is 1. The summed E-state index contributed by atoms with van der Waals surface area (Å²) in [5.41, 5.74) is 0. The third-order valence-corrected chi connectivity index (χ3v) is 3.50. The van der Waals surface area contributed by atoms with Crippen LogP contribution in [0.15, 0.2) is 0 Å². The van der Waals surface area contributed by atoms with Gasteiger partial charge in [0.1, 0.15) is 0 Å². The van der Waals surface area contributed by atoms with Gasteiger partial charge < -0.3 is 15.1 Å². The Morgan fingerprint density at radius 2 is 1.65 bits per heavy atom. The lowest BCUT2D eigenvalue weighted by Crippen LogP contribution is -2.50. The summed E-state index contributed by atoms with van der Waals surface area (Å²) in [5.74, 6) is 0.680. The molecule has 2 aliphatic rings. The lowest BCUT2D eigenvalue weighted by atomic mass is 9.96. The monoisotopic (exact) mass is 243 g/mol. The fraction of sp³-hybridized carbons (Fsp3) is 0.923. The van der Waals surface area contributed by atoms with Crippen LogP contribution in [0.4, 0.5) is 0 Å². The molecule has 0 aromatic carbocycles. The van der Waals surface area contributed by atoms with Crippen molar-refractivity contribution in [2.24, 2.45) is 5.92 Å². The lowest BCUT2D eigenvalue weighted by molar-refractivity contribution is -0.137. The fourth-order valence-corrected chi connectivity index (χ4v) is 2.35. The molecule has 0 spiro atoms. The highest BCUT2D eigenvalue weighted by atomic mass is 16.2. The minimum Gasteiger partial charge on any atom is -0.340 e. The molecule has 4 heteroatoms. The molecule has 0 atom stereocenters. The van der Waals surface area contributed by atoms with Crippen molar-refractivity contribution in [1.29, 1.82) is 0 Å². The summed E-state index contributed by atoms with van der Waals surface area (Å²) in [6.45, 7) is 9.89. The van der Waals surface area contributed by atoms with Crippen molar-refractivity contribution >= 4 is 5.91 Å². The van der Waals surface area contributed by atoms with E-state index in [4.69, 9.17) is 0 Å². The lowest BCUT2D eigenvalue weighted by Gasteiger charge is -2.35. The van der Waals surface area contributed by atoms with Crippen molar-refractivity contribution in [2.75, 3.05) is 46.3 Å². The molecule has 2 saturated heterocycles. The van der Waals surface area contributed by atoms with E-state index in [1.54, 1.807) is 0 Å². The second kappa shape index (κ2) is 7.67. The Hall–Kier alpha value is -0.610. The van der Waals surface area contributed by atoms with Crippen LogP contribution in [-0.4, -0.2) is 62.0 Å². The van der Waals surface area contributed by atoms with E-state index in [-0.39, 0.29) is 7.34 Å². The standard InChI is InChI=1S/C11H21N3O.C2H6.H2/c1-13-6-8-14(9-7-13)11(15)10-2-4-12-5-3-10;1-2;/h10,12H,2-9H2,1H3;1-2H3;1H. The predicted molar refractivity (Wildman–Crippen MR) is 73.1 cm³/mol. The number of piperidine rings is 1. The smallest absolute Gasteiger partial charge is 0.225 e. The Bertz CT molecular complexity index is 224. The van der Waals surface area contributed by atoms with Gasteiger partial charge in [-0.05, 0) is 33.0 Å². The molecule has 2 aliphatic heterocycles. The van der Waals surface area contributed by atoms with E-state index >= 15 is 0 Å². The zero-order chi connectivity index (χ0) is 12.7. The quantitative estimate of drug-likeness (QED) is 0.747. The number of carbonyl (C=O) groups is 1. The second-order valence-corrected chi connectivity index (χ2v) is 4.65. The number of rotatable bonds is 1.